The van der Waals surface area contributed by atoms with E-state index in [0.717, 1.165) is 23.1 Å². The maximum absolute atomic E-state index is 8.70. The first kappa shape index (κ1) is 17.1. The molecule has 0 heterocycles. The third kappa shape index (κ3) is 7.91. The van der Waals surface area contributed by atoms with Gasteiger partial charge in [0, 0.05) is 4.91 Å². The van der Waals surface area contributed by atoms with E-state index in [9.17, 15) is 0 Å². The SMILES string of the molecule is C=C/C=C(\C=C)OC(/C=C\C(=C/CC)SC#N)=C/C. The molecule has 3 heteroatoms. The molecule has 19 heavy (non-hydrogen) atoms. The van der Waals surface area contributed by atoms with E-state index in [1.165, 1.54) is 0 Å². The van der Waals surface area contributed by atoms with Crippen LogP contribution in [0.4, 0.5) is 0 Å². The summed E-state index contributed by atoms with van der Waals surface area (Å²) in [5, 5.41) is 10.8. The zero-order valence-corrected chi connectivity index (χ0v) is 12.2. The molecule has 0 amide bonds. The first-order valence-electron chi connectivity index (χ1n) is 5.95. The average molecular weight is 273 g/mol. The Morgan fingerprint density at radius 1 is 1.32 bits per heavy atom. The summed E-state index contributed by atoms with van der Waals surface area (Å²) in [6.07, 6.45) is 13.4. The van der Waals surface area contributed by atoms with Crippen LogP contribution in [0.15, 0.2) is 72.1 Å². The van der Waals surface area contributed by atoms with Gasteiger partial charge in [0.15, 0.2) is 0 Å². The van der Waals surface area contributed by atoms with E-state index in [-0.39, 0.29) is 0 Å². The van der Waals surface area contributed by atoms with E-state index in [4.69, 9.17) is 10.00 Å². The molecule has 2 nitrogen and oxygen atoms in total. The first-order chi connectivity index (χ1) is 9.21. The smallest absolute Gasteiger partial charge is 0.138 e. The van der Waals surface area contributed by atoms with Crippen molar-refractivity contribution in [1.29, 1.82) is 5.26 Å². The van der Waals surface area contributed by atoms with Gasteiger partial charge in [-0.25, -0.2) is 0 Å². The molecule has 0 aliphatic carbocycles. The van der Waals surface area contributed by atoms with Gasteiger partial charge in [-0.2, -0.15) is 5.26 Å². The maximum Gasteiger partial charge on any atom is 0.138 e. The summed E-state index contributed by atoms with van der Waals surface area (Å²) in [5.74, 6) is 1.32. The summed E-state index contributed by atoms with van der Waals surface area (Å²) in [7, 11) is 0. The van der Waals surface area contributed by atoms with Crippen molar-refractivity contribution in [3.63, 3.8) is 0 Å². The molecule has 0 atom stereocenters. The van der Waals surface area contributed by atoms with E-state index in [1.807, 2.05) is 38.2 Å². The fourth-order valence-corrected chi connectivity index (χ4v) is 1.64. The molecule has 0 bridgehead atoms. The highest BCUT2D eigenvalue weighted by molar-refractivity contribution is 8.07. The molecule has 0 saturated carbocycles. The van der Waals surface area contributed by atoms with Crippen LogP contribution < -0.4 is 0 Å². The predicted octanol–water partition coefficient (Wildman–Crippen LogP) is 5.23. The number of hydrogen-bond donors (Lipinski definition) is 0. The highest BCUT2D eigenvalue weighted by Gasteiger charge is 1.97. The predicted molar refractivity (Wildman–Crippen MR) is 84.0 cm³/mol. The number of nitrogens with zero attached hydrogens (tertiary/aromatic N) is 1. The van der Waals surface area contributed by atoms with E-state index in [2.05, 4.69) is 18.6 Å². The maximum atomic E-state index is 8.70. The largest absolute Gasteiger partial charge is 0.458 e. The summed E-state index contributed by atoms with van der Waals surface area (Å²) in [5.41, 5.74) is 0. The van der Waals surface area contributed by atoms with Crippen LogP contribution in [0.1, 0.15) is 20.3 Å². The van der Waals surface area contributed by atoms with Crippen LogP contribution in [0.3, 0.4) is 0 Å². The minimum absolute atomic E-state index is 0.627. The lowest BCUT2D eigenvalue weighted by atomic mass is 10.3. The minimum atomic E-state index is 0.627. The first-order valence-corrected chi connectivity index (χ1v) is 6.76. The second-order valence-electron chi connectivity index (χ2n) is 3.34. The molecule has 0 unspecified atom stereocenters. The van der Waals surface area contributed by atoms with Crippen LogP contribution in [0.5, 0.6) is 0 Å². The Bertz CT molecular complexity index is 462. The molecular formula is C16H19NOS. The van der Waals surface area contributed by atoms with E-state index >= 15 is 0 Å². The van der Waals surface area contributed by atoms with E-state index < -0.39 is 0 Å². The summed E-state index contributed by atoms with van der Waals surface area (Å²) < 4.78 is 5.62. The number of thioether (sulfide) groups is 1. The van der Waals surface area contributed by atoms with Gasteiger partial charge in [0.1, 0.15) is 16.9 Å². The zero-order valence-electron chi connectivity index (χ0n) is 11.4. The van der Waals surface area contributed by atoms with E-state index in [0.29, 0.717) is 11.5 Å². The molecule has 0 radical (unpaired) electrons. The molecule has 0 aromatic heterocycles. The molecule has 0 spiro atoms. The number of hydrogen-bond acceptors (Lipinski definition) is 3. The lowest BCUT2D eigenvalue weighted by Gasteiger charge is -2.06. The summed E-state index contributed by atoms with van der Waals surface area (Å²) >= 11 is 1.13. The normalized spacial score (nSPS) is 13.2. The molecule has 0 aliphatic heterocycles. The average Bonchev–Trinajstić information content (AvgIpc) is 2.42. The number of ether oxygens (including phenoxy) is 1. The standard InChI is InChI=1S/C16H19NOS/c1-5-9-14(7-3)18-15(8-4)11-12-16(10-6-2)19-13-17/h5,7-12H,1,3,6H2,2,4H3/b12-11-,14-9+,15-8+,16-10+. The molecule has 0 aliphatic rings. The minimum Gasteiger partial charge on any atom is -0.458 e. The van der Waals surface area contributed by atoms with Gasteiger partial charge < -0.3 is 4.74 Å². The van der Waals surface area contributed by atoms with Crippen molar-refractivity contribution in [2.45, 2.75) is 20.3 Å². The third-order valence-electron chi connectivity index (χ3n) is 1.98. The van der Waals surface area contributed by atoms with Crippen LogP contribution in [-0.2, 0) is 4.74 Å². The van der Waals surface area contributed by atoms with Crippen LogP contribution in [0.2, 0.25) is 0 Å². The van der Waals surface area contributed by atoms with Crippen molar-refractivity contribution >= 4 is 11.8 Å². The number of rotatable bonds is 8. The third-order valence-corrected chi connectivity index (χ3v) is 2.61. The Labute approximate surface area is 120 Å². The van der Waals surface area contributed by atoms with Crippen LogP contribution >= 0.6 is 11.8 Å². The summed E-state index contributed by atoms with van der Waals surface area (Å²) in [6.45, 7) is 11.2. The van der Waals surface area contributed by atoms with Gasteiger partial charge >= 0.3 is 0 Å². The van der Waals surface area contributed by atoms with Crippen molar-refractivity contribution < 1.29 is 4.74 Å². The number of allylic oxidation sites excluding steroid dienone is 7. The van der Waals surface area contributed by atoms with Crippen LogP contribution in [-0.4, -0.2) is 0 Å². The van der Waals surface area contributed by atoms with Crippen LogP contribution in [0.25, 0.3) is 0 Å². The monoisotopic (exact) mass is 273 g/mol. The molecule has 0 saturated heterocycles. The Morgan fingerprint density at radius 2 is 2.05 bits per heavy atom. The fraction of sp³-hybridized carbons (Fsp3) is 0.188. The molecule has 0 rings (SSSR count). The second-order valence-corrected chi connectivity index (χ2v) is 4.20. The van der Waals surface area contributed by atoms with Gasteiger partial charge in [0.2, 0.25) is 0 Å². The topological polar surface area (TPSA) is 33.0 Å². The van der Waals surface area contributed by atoms with Crippen molar-refractivity contribution in [3.8, 4) is 5.40 Å². The van der Waals surface area contributed by atoms with Crippen molar-refractivity contribution in [3.05, 3.63) is 72.1 Å². The van der Waals surface area contributed by atoms with Gasteiger partial charge in [-0.3, -0.25) is 0 Å². The van der Waals surface area contributed by atoms with Gasteiger partial charge in [0.05, 0.1) is 0 Å². The fourth-order valence-electron chi connectivity index (χ4n) is 1.15. The lowest BCUT2D eigenvalue weighted by Crippen LogP contribution is -1.88. The number of thiocyanates is 1. The highest BCUT2D eigenvalue weighted by atomic mass is 32.2. The summed E-state index contributed by atoms with van der Waals surface area (Å²) in [6, 6.07) is 0. The van der Waals surface area contributed by atoms with E-state index in [1.54, 1.807) is 18.2 Å². The van der Waals surface area contributed by atoms with Gasteiger partial charge in [-0.05, 0) is 55.5 Å². The Hall–Kier alpha value is -1.92. The van der Waals surface area contributed by atoms with Crippen LogP contribution in [0, 0.1) is 10.7 Å². The second kappa shape index (κ2) is 11.2. The van der Waals surface area contributed by atoms with Crippen molar-refractivity contribution in [2.75, 3.05) is 0 Å². The van der Waals surface area contributed by atoms with Gasteiger partial charge in [-0.1, -0.05) is 32.2 Å². The molecular weight excluding hydrogens is 254 g/mol. The molecule has 0 N–H and O–H groups in total. The Kier molecular flexibility index (Phi) is 10.1. The molecule has 0 fully saturated rings. The zero-order chi connectivity index (χ0) is 14.5. The van der Waals surface area contributed by atoms with Gasteiger partial charge in [0.25, 0.3) is 0 Å². The number of nitriles is 1. The quantitative estimate of drug-likeness (QED) is 0.345. The van der Waals surface area contributed by atoms with Gasteiger partial charge in [-0.15, -0.1) is 0 Å². The summed E-state index contributed by atoms with van der Waals surface area (Å²) in [4.78, 5) is 0.904. The van der Waals surface area contributed by atoms with Crippen molar-refractivity contribution in [2.24, 2.45) is 0 Å². The Balaban J connectivity index is 4.87. The lowest BCUT2D eigenvalue weighted by molar-refractivity contribution is 0.335. The Morgan fingerprint density at radius 3 is 2.53 bits per heavy atom. The molecule has 0 aromatic carbocycles. The molecule has 100 valence electrons. The highest BCUT2D eigenvalue weighted by Crippen LogP contribution is 2.18. The molecule has 0 aromatic rings. The van der Waals surface area contributed by atoms with Crippen molar-refractivity contribution in [1.82, 2.24) is 0 Å².